The summed E-state index contributed by atoms with van der Waals surface area (Å²) in [6.45, 7) is 4.05. The van der Waals surface area contributed by atoms with E-state index in [1.54, 1.807) is 18.6 Å². The molecular weight excluding hydrogens is 412 g/mol. The van der Waals surface area contributed by atoms with Crippen molar-refractivity contribution in [2.45, 2.75) is 17.6 Å². The molecule has 0 atom stereocenters. The largest absolute Gasteiger partial charge is 0.497 e. The normalized spacial score (nSPS) is 15.6. The summed E-state index contributed by atoms with van der Waals surface area (Å²) in [4.78, 5) is 2.18. The van der Waals surface area contributed by atoms with Gasteiger partial charge in [-0.05, 0) is 30.3 Å². The minimum atomic E-state index is -3.55. The number of thiophene rings is 1. The van der Waals surface area contributed by atoms with Crippen molar-refractivity contribution in [3.8, 4) is 17.2 Å². The van der Waals surface area contributed by atoms with Crippen LogP contribution in [0, 0.1) is 0 Å². The number of nitrogens with zero attached hydrogens (tertiary/aromatic N) is 4. The van der Waals surface area contributed by atoms with Crippen LogP contribution in [0.1, 0.15) is 12.8 Å². The Morgan fingerprint density at radius 1 is 1.14 bits per heavy atom. The average Bonchev–Trinajstić information content (AvgIpc) is 3.43. The number of benzene rings is 1. The number of rotatable bonds is 6. The van der Waals surface area contributed by atoms with Crippen molar-refractivity contribution in [3.63, 3.8) is 0 Å². The summed E-state index contributed by atoms with van der Waals surface area (Å²) in [5, 5.41) is 9.67. The highest BCUT2D eigenvalue weighted by Crippen LogP contribution is 2.30. The molecule has 1 aliphatic rings. The van der Waals surface area contributed by atoms with E-state index in [1.165, 1.54) is 15.6 Å². The molecule has 1 aliphatic heterocycles. The highest BCUT2D eigenvalue weighted by molar-refractivity contribution is 7.91. The van der Waals surface area contributed by atoms with E-state index in [2.05, 4.69) is 15.1 Å². The summed E-state index contributed by atoms with van der Waals surface area (Å²) >= 11 is 1.18. The van der Waals surface area contributed by atoms with Gasteiger partial charge in [-0.25, -0.2) is 8.42 Å². The Morgan fingerprint density at radius 2 is 1.86 bits per heavy atom. The van der Waals surface area contributed by atoms with Gasteiger partial charge in [0.25, 0.3) is 10.0 Å². The van der Waals surface area contributed by atoms with Crippen molar-refractivity contribution in [1.29, 1.82) is 0 Å². The van der Waals surface area contributed by atoms with Gasteiger partial charge in [-0.1, -0.05) is 6.92 Å². The zero-order chi connectivity index (χ0) is 20.4. The first kappa shape index (κ1) is 19.9. The summed E-state index contributed by atoms with van der Waals surface area (Å²) in [7, 11) is -1.91. The Bertz CT molecular complexity index is 1070. The monoisotopic (exact) mass is 434 g/mol. The van der Waals surface area contributed by atoms with Gasteiger partial charge in [-0.3, -0.25) is 0 Å². The lowest BCUT2D eigenvalue weighted by Crippen LogP contribution is -2.48. The number of methoxy groups -OCH3 is 1. The highest BCUT2D eigenvalue weighted by Gasteiger charge is 2.30. The third-order valence-corrected chi connectivity index (χ3v) is 8.18. The Morgan fingerprint density at radius 3 is 2.48 bits per heavy atom. The van der Waals surface area contributed by atoms with Gasteiger partial charge in [0.05, 0.1) is 12.7 Å². The molecule has 0 radical (unpaired) electrons. The van der Waals surface area contributed by atoms with E-state index in [0.29, 0.717) is 54.2 Å². The number of ether oxygens (including phenoxy) is 1. The van der Waals surface area contributed by atoms with E-state index in [4.69, 9.17) is 9.15 Å². The quantitative estimate of drug-likeness (QED) is 0.589. The van der Waals surface area contributed by atoms with Gasteiger partial charge in [-0.15, -0.1) is 21.5 Å². The Hall–Kier alpha value is -2.43. The fourth-order valence-electron chi connectivity index (χ4n) is 3.18. The molecule has 154 valence electrons. The predicted molar refractivity (Wildman–Crippen MR) is 111 cm³/mol. The van der Waals surface area contributed by atoms with Crippen LogP contribution < -0.4 is 9.64 Å². The van der Waals surface area contributed by atoms with E-state index < -0.39 is 10.0 Å². The lowest BCUT2D eigenvalue weighted by molar-refractivity contribution is 0.385. The van der Waals surface area contributed by atoms with Gasteiger partial charge in [0.2, 0.25) is 11.8 Å². The molecule has 3 heterocycles. The fraction of sp³-hybridized carbons (Fsp3) is 0.368. The van der Waals surface area contributed by atoms with Crippen molar-refractivity contribution in [3.05, 3.63) is 41.6 Å². The van der Waals surface area contributed by atoms with Gasteiger partial charge in [0.15, 0.2) is 0 Å². The van der Waals surface area contributed by atoms with Gasteiger partial charge in [0, 0.05) is 43.7 Å². The zero-order valence-electron chi connectivity index (χ0n) is 16.2. The SMILES string of the molecule is CCc1nnc(-c2csc(S(=O)(=O)N3CCN(c4ccc(OC)cc4)CC3)c2)o1. The number of aromatic nitrogens is 2. The third-order valence-electron chi connectivity index (χ3n) is 4.86. The van der Waals surface area contributed by atoms with Gasteiger partial charge >= 0.3 is 0 Å². The lowest BCUT2D eigenvalue weighted by atomic mass is 10.2. The van der Waals surface area contributed by atoms with Gasteiger partial charge < -0.3 is 14.1 Å². The van der Waals surface area contributed by atoms with Gasteiger partial charge in [0.1, 0.15) is 9.96 Å². The molecule has 10 heteroatoms. The second-order valence-electron chi connectivity index (χ2n) is 6.60. The Kier molecular flexibility index (Phi) is 5.57. The molecule has 29 heavy (non-hydrogen) atoms. The number of anilines is 1. The summed E-state index contributed by atoms with van der Waals surface area (Å²) in [6, 6.07) is 9.41. The summed E-state index contributed by atoms with van der Waals surface area (Å²) in [6.07, 6.45) is 0.640. The Balaban J connectivity index is 1.44. The topological polar surface area (TPSA) is 88.8 Å². The van der Waals surface area contributed by atoms with Crippen LogP contribution in [0.4, 0.5) is 5.69 Å². The maximum Gasteiger partial charge on any atom is 0.252 e. The first-order valence-electron chi connectivity index (χ1n) is 9.31. The summed E-state index contributed by atoms with van der Waals surface area (Å²) in [5.41, 5.74) is 1.70. The molecule has 0 unspecified atom stereocenters. The van der Waals surface area contributed by atoms with Crippen molar-refractivity contribution >= 4 is 27.0 Å². The molecule has 0 amide bonds. The summed E-state index contributed by atoms with van der Waals surface area (Å²) < 4.78 is 38.7. The van der Waals surface area contributed by atoms with Crippen molar-refractivity contribution in [2.24, 2.45) is 0 Å². The molecule has 0 spiro atoms. The van der Waals surface area contributed by atoms with E-state index in [-0.39, 0.29) is 0 Å². The maximum atomic E-state index is 13.1. The fourth-order valence-corrected chi connectivity index (χ4v) is 5.91. The molecule has 0 N–H and O–H groups in total. The molecular formula is C19H22N4O4S2. The molecule has 0 saturated carbocycles. The van der Waals surface area contributed by atoms with Crippen LogP contribution in [-0.4, -0.2) is 56.2 Å². The van der Waals surface area contributed by atoms with Crippen LogP contribution in [0.3, 0.4) is 0 Å². The minimum Gasteiger partial charge on any atom is -0.497 e. The third kappa shape index (κ3) is 4.00. The molecule has 3 aromatic rings. The molecule has 4 rings (SSSR count). The van der Waals surface area contributed by atoms with Crippen molar-refractivity contribution < 1.29 is 17.6 Å². The predicted octanol–water partition coefficient (Wildman–Crippen LogP) is 2.88. The van der Waals surface area contributed by atoms with Crippen LogP contribution in [0.25, 0.3) is 11.5 Å². The number of hydrogen-bond donors (Lipinski definition) is 0. The van der Waals surface area contributed by atoms with Crippen LogP contribution >= 0.6 is 11.3 Å². The number of piperazine rings is 1. The van der Waals surface area contributed by atoms with Crippen LogP contribution in [0.2, 0.25) is 0 Å². The second kappa shape index (κ2) is 8.13. The highest BCUT2D eigenvalue weighted by atomic mass is 32.2. The van der Waals surface area contributed by atoms with Crippen LogP contribution in [0.15, 0.2) is 44.3 Å². The molecule has 2 aromatic heterocycles. The van der Waals surface area contributed by atoms with E-state index in [9.17, 15) is 8.42 Å². The molecule has 1 fully saturated rings. The second-order valence-corrected chi connectivity index (χ2v) is 9.67. The molecule has 1 aromatic carbocycles. The van der Waals surface area contributed by atoms with E-state index in [0.717, 1.165) is 11.4 Å². The summed E-state index contributed by atoms with van der Waals surface area (Å²) in [5.74, 6) is 1.69. The molecule has 0 bridgehead atoms. The lowest BCUT2D eigenvalue weighted by Gasteiger charge is -2.35. The zero-order valence-corrected chi connectivity index (χ0v) is 17.9. The standard InChI is InChI=1S/C19H22N4O4S2/c1-3-17-20-21-19(27-17)14-12-18(28-13-14)29(24,25)23-10-8-22(9-11-23)15-4-6-16(26-2)7-5-15/h4-7,12-13H,3,8-11H2,1-2H3. The van der Waals surface area contributed by atoms with Crippen molar-refractivity contribution in [1.82, 2.24) is 14.5 Å². The molecule has 8 nitrogen and oxygen atoms in total. The van der Waals surface area contributed by atoms with Crippen LogP contribution in [0.5, 0.6) is 5.75 Å². The number of aryl methyl sites for hydroxylation is 1. The van der Waals surface area contributed by atoms with Crippen LogP contribution in [-0.2, 0) is 16.4 Å². The minimum absolute atomic E-state index is 0.293. The van der Waals surface area contributed by atoms with Gasteiger partial charge in [-0.2, -0.15) is 4.31 Å². The average molecular weight is 435 g/mol. The Labute approximate surface area is 173 Å². The number of hydrogen-bond acceptors (Lipinski definition) is 8. The van der Waals surface area contributed by atoms with E-state index >= 15 is 0 Å². The smallest absolute Gasteiger partial charge is 0.252 e. The molecule has 0 aliphatic carbocycles. The van der Waals surface area contributed by atoms with E-state index in [1.807, 2.05) is 31.2 Å². The number of sulfonamides is 1. The maximum absolute atomic E-state index is 13.1. The first-order valence-corrected chi connectivity index (χ1v) is 11.6. The van der Waals surface area contributed by atoms with Crippen molar-refractivity contribution in [2.75, 3.05) is 38.2 Å². The molecule has 1 saturated heterocycles. The first-order chi connectivity index (χ1) is 14.0.